The van der Waals surface area contributed by atoms with Crippen molar-refractivity contribution in [2.24, 2.45) is 0 Å². The highest BCUT2D eigenvalue weighted by Gasteiger charge is 2.16. The number of anilines is 2. The van der Waals surface area contributed by atoms with Crippen molar-refractivity contribution in [2.45, 2.75) is 6.92 Å². The van der Waals surface area contributed by atoms with Crippen LogP contribution < -0.4 is 11.1 Å². The molecule has 7 heteroatoms. The third-order valence-corrected chi connectivity index (χ3v) is 3.07. The van der Waals surface area contributed by atoms with Crippen molar-refractivity contribution in [3.63, 3.8) is 0 Å². The minimum atomic E-state index is -0.316. The van der Waals surface area contributed by atoms with Gasteiger partial charge in [-0.1, -0.05) is 11.6 Å². The number of nitrogens with two attached hydrogens (primary N) is 1. The van der Waals surface area contributed by atoms with E-state index < -0.39 is 0 Å². The molecule has 17 heavy (non-hydrogen) atoms. The number of hydrogen-bond acceptors (Lipinski definition) is 5. The van der Waals surface area contributed by atoms with Gasteiger partial charge in [-0.15, -0.1) is 0 Å². The van der Waals surface area contributed by atoms with Gasteiger partial charge in [0.15, 0.2) is 0 Å². The normalized spacial score (nSPS) is 10.2. The lowest BCUT2D eigenvalue weighted by atomic mass is 10.2. The highest BCUT2D eigenvalue weighted by molar-refractivity contribution is 7.10. The standard InChI is InChI=1S/C10H9ClN4OS/c1-5-8(9(12)17-15-5)10(16)14-7-3-2-6(11)4-13-7/h2-4H,12H2,1H3,(H,13,14,16). The molecule has 0 saturated carbocycles. The number of pyridine rings is 1. The molecule has 88 valence electrons. The maximum absolute atomic E-state index is 11.9. The number of aromatic nitrogens is 2. The fraction of sp³-hybridized carbons (Fsp3) is 0.100. The van der Waals surface area contributed by atoms with Gasteiger partial charge >= 0.3 is 0 Å². The summed E-state index contributed by atoms with van der Waals surface area (Å²) in [6.45, 7) is 1.73. The van der Waals surface area contributed by atoms with Crippen molar-refractivity contribution in [1.29, 1.82) is 0 Å². The zero-order valence-electron chi connectivity index (χ0n) is 8.90. The van der Waals surface area contributed by atoms with E-state index in [1.165, 1.54) is 6.20 Å². The van der Waals surface area contributed by atoms with Crippen molar-refractivity contribution in [3.8, 4) is 0 Å². The fourth-order valence-corrected chi connectivity index (χ4v) is 2.06. The van der Waals surface area contributed by atoms with E-state index in [0.717, 1.165) is 11.5 Å². The van der Waals surface area contributed by atoms with E-state index in [1.54, 1.807) is 19.1 Å². The first-order valence-corrected chi connectivity index (χ1v) is 5.87. The molecule has 0 aliphatic carbocycles. The molecule has 2 rings (SSSR count). The van der Waals surface area contributed by atoms with Gasteiger partial charge in [0, 0.05) is 6.20 Å². The Bertz CT molecular complexity index is 532. The van der Waals surface area contributed by atoms with Gasteiger partial charge in [-0.3, -0.25) is 4.79 Å². The number of rotatable bonds is 2. The Kier molecular flexibility index (Phi) is 3.26. The predicted octanol–water partition coefficient (Wildman–Crippen LogP) is 2.33. The molecule has 2 aromatic heterocycles. The number of carbonyl (C=O) groups is 1. The molecule has 0 unspecified atom stereocenters. The lowest BCUT2D eigenvalue weighted by molar-refractivity contribution is 0.102. The van der Waals surface area contributed by atoms with E-state index >= 15 is 0 Å². The average molecular weight is 269 g/mol. The summed E-state index contributed by atoms with van der Waals surface area (Å²) in [4.78, 5) is 15.9. The molecule has 0 atom stereocenters. The van der Waals surface area contributed by atoms with Crippen molar-refractivity contribution in [2.75, 3.05) is 11.1 Å². The third kappa shape index (κ3) is 2.54. The Labute approximate surface area is 107 Å². The van der Waals surface area contributed by atoms with Crippen LogP contribution in [0.25, 0.3) is 0 Å². The Balaban J connectivity index is 2.20. The second-order valence-corrected chi connectivity index (χ2v) is 4.56. The second-order valence-electron chi connectivity index (χ2n) is 3.32. The number of nitrogens with one attached hydrogen (secondary N) is 1. The Morgan fingerprint density at radius 3 is 2.82 bits per heavy atom. The number of carbonyl (C=O) groups excluding carboxylic acids is 1. The van der Waals surface area contributed by atoms with E-state index in [1.807, 2.05) is 0 Å². The van der Waals surface area contributed by atoms with Gasteiger partial charge < -0.3 is 11.1 Å². The van der Waals surface area contributed by atoms with Crippen molar-refractivity contribution >= 4 is 39.9 Å². The lowest BCUT2D eigenvalue weighted by Crippen LogP contribution is -2.14. The predicted molar refractivity (Wildman–Crippen MR) is 68.5 cm³/mol. The molecule has 0 spiro atoms. The quantitative estimate of drug-likeness (QED) is 0.876. The van der Waals surface area contributed by atoms with Gasteiger partial charge in [0.05, 0.1) is 16.3 Å². The SMILES string of the molecule is Cc1nsc(N)c1C(=O)Nc1ccc(Cl)cn1. The van der Waals surface area contributed by atoms with Gasteiger partial charge in [-0.2, -0.15) is 4.37 Å². The molecule has 2 aromatic rings. The summed E-state index contributed by atoms with van der Waals surface area (Å²) in [7, 11) is 0. The van der Waals surface area contributed by atoms with Gasteiger partial charge in [0.25, 0.3) is 5.91 Å². The summed E-state index contributed by atoms with van der Waals surface area (Å²) >= 11 is 6.79. The van der Waals surface area contributed by atoms with Crippen LogP contribution in [0.4, 0.5) is 10.8 Å². The minimum Gasteiger partial charge on any atom is -0.389 e. The van der Waals surface area contributed by atoms with Gasteiger partial charge in [0.1, 0.15) is 10.8 Å². The molecule has 5 nitrogen and oxygen atoms in total. The summed E-state index contributed by atoms with van der Waals surface area (Å²) < 4.78 is 4.01. The third-order valence-electron chi connectivity index (χ3n) is 2.09. The maximum atomic E-state index is 11.9. The second kappa shape index (κ2) is 4.68. The smallest absolute Gasteiger partial charge is 0.261 e. The summed E-state index contributed by atoms with van der Waals surface area (Å²) in [6, 6.07) is 3.26. The summed E-state index contributed by atoms with van der Waals surface area (Å²) in [5.41, 5.74) is 6.68. The van der Waals surface area contributed by atoms with Crippen LogP contribution in [0.3, 0.4) is 0 Å². The topological polar surface area (TPSA) is 80.9 Å². The Morgan fingerprint density at radius 1 is 1.53 bits per heavy atom. The van der Waals surface area contributed by atoms with E-state index in [2.05, 4.69) is 14.7 Å². The van der Waals surface area contributed by atoms with Crippen molar-refractivity contribution in [3.05, 3.63) is 34.6 Å². The largest absolute Gasteiger partial charge is 0.389 e. The fourth-order valence-electron chi connectivity index (χ4n) is 1.29. The van der Waals surface area contributed by atoms with E-state index in [4.69, 9.17) is 17.3 Å². The van der Waals surface area contributed by atoms with Crippen LogP contribution in [0.5, 0.6) is 0 Å². The molecule has 0 radical (unpaired) electrons. The lowest BCUT2D eigenvalue weighted by Gasteiger charge is -2.04. The minimum absolute atomic E-state index is 0.316. The molecule has 1 amide bonds. The van der Waals surface area contributed by atoms with Gasteiger partial charge in [-0.05, 0) is 30.6 Å². The zero-order valence-corrected chi connectivity index (χ0v) is 10.5. The Morgan fingerprint density at radius 2 is 2.29 bits per heavy atom. The van der Waals surface area contributed by atoms with Crippen LogP contribution in [0.1, 0.15) is 16.1 Å². The molecular weight excluding hydrogens is 260 g/mol. The number of aryl methyl sites for hydroxylation is 1. The number of nitrogens with zero attached hydrogens (tertiary/aromatic N) is 2. The van der Waals surface area contributed by atoms with Crippen molar-refractivity contribution < 1.29 is 4.79 Å². The number of amides is 1. The van der Waals surface area contributed by atoms with Crippen LogP contribution in [0.2, 0.25) is 5.02 Å². The van der Waals surface area contributed by atoms with Crippen LogP contribution in [0.15, 0.2) is 18.3 Å². The van der Waals surface area contributed by atoms with E-state index in [0.29, 0.717) is 27.1 Å². The van der Waals surface area contributed by atoms with E-state index in [-0.39, 0.29) is 5.91 Å². The van der Waals surface area contributed by atoms with Crippen LogP contribution in [-0.4, -0.2) is 15.3 Å². The monoisotopic (exact) mass is 268 g/mol. The average Bonchev–Trinajstić information content (AvgIpc) is 2.62. The molecule has 0 aliphatic heterocycles. The first kappa shape index (κ1) is 11.8. The van der Waals surface area contributed by atoms with Gasteiger partial charge in [-0.25, -0.2) is 4.98 Å². The first-order valence-electron chi connectivity index (χ1n) is 4.72. The summed E-state index contributed by atoms with van der Waals surface area (Å²) in [6.07, 6.45) is 1.46. The van der Waals surface area contributed by atoms with E-state index in [9.17, 15) is 4.79 Å². The number of halogens is 1. The van der Waals surface area contributed by atoms with Crippen LogP contribution in [-0.2, 0) is 0 Å². The highest BCUT2D eigenvalue weighted by Crippen LogP contribution is 2.21. The summed E-state index contributed by atoms with van der Waals surface area (Å²) in [5, 5.41) is 3.54. The van der Waals surface area contributed by atoms with Gasteiger partial charge in [0.2, 0.25) is 0 Å². The molecule has 0 aliphatic rings. The molecule has 0 aromatic carbocycles. The van der Waals surface area contributed by atoms with Crippen LogP contribution >= 0.6 is 23.1 Å². The molecular formula is C10H9ClN4OS. The Hall–Kier alpha value is -1.66. The molecule has 3 N–H and O–H groups in total. The number of nitrogen functional groups attached to an aromatic ring is 1. The molecule has 0 saturated heterocycles. The zero-order chi connectivity index (χ0) is 12.4. The number of hydrogen-bond donors (Lipinski definition) is 2. The molecule has 2 heterocycles. The molecule has 0 fully saturated rings. The first-order chi connectivity index (χ1) is 8.08. The van der Waals surface area contributed by atoms with Crippen molar-refractivity contribution in [1.82, 2.24) is 9.36 Å². The molecule has 0 bridgehead atoms. The van der Waals surface area contributed by atoms with Crippen LogP contribution in [0, 0.1) is 6.92 Å². The highest BCUT2D eigenvalue weighted by atomic mass is 35.5. The summed E-state index contributed by atoms with van der Waals surface area (Å²) in [5.74, 6) is 0.105. The maximum Gasteiger partial charge on any atom is 0.261 e.